The zero-order valence-electron chi connectivity index (χ0n) is 5.54. The minimum absolute atomic E-state index is 0.709. The molecule has 0 spiro atoms. The van der Waals surface area contributed by atoms with Gasteiger partial charge in [-0.1, -0.05) is 30.3 Å². The summed E-state index contributed by atoms with van der Waals surface area (Å²) in [6, 6.07) is 9.16. The highest BCUT2D eigenvalue weighted by Crippen LogP contribution is 1.97. The van der Waals surface area contributed by atoms with E-state index in [-0.39, 0.29) is 0 Å². The summed E-state index contributed by atoms with van der Waals surface area (Å²) < 4.78 is 8.81. The minimum Gasteiger partial charge on any atom is -0.301 e. The molecule has 0 saturated carbocycles. The molecule has 0 aliphatic heterocycles. The van der Waals surface area contributed by atoms with Crippen LogP contribution in [0.25, 0.3) is 0 Å². The lowest BCUT2D eigenvalue weighted by Crippen LogP contribution is -2.31. The first-order valence-corrected chi connectivity index (χ1v) is 3.60. The molecule has 0 saturated heterocycles. The predicted molar refractivity (Wildman–Crippen MR) is 45.7 cm³/mol. The van der Waals surface area contributed by atoms with E-state index < -0.39 is 7.12 Å². The lowest BCUT2D eigenvalue weighted by Gasteiger charge is -2.02. The van der Waals surface area contributed by atoms with Crippen LogP contribution < -0.4 is 5.46 Å². The van der Waals surface area contributed by atoms with Crippen molar-refractivity contribution < 1.29 is 8.41 Å². The lowest BCUT2D eigenvalue weighted by molar-refractivity contribution is 0.494. The SMILES string of the molecule is ClOB(OCl)c1ccccc1. The third-order valence-electron chi connectivity index (χ3n) is 1.23. The monoisotopic (exact) mass is 190 g/mol. The molecule has 0 N–H and O–H groups in total. The van der Waals surface area contributed by atoms with E-state index in [2.05, 4.69) is 8.41 Å². The summed E-state index contributed by atoms with van der Waals surface area (Å²) in [6.07, 6.45) is 0. The standard InChI is InChI=1S/C6H5BCl2O2/c8-10-7(11-9)6-4-2-1-3-5-6/h1-5H. The summed E-state index contributed by atoms with van der Waals surface area (Å²) >= 11 is 10.2. The maximum Gasteiger partial charge on any atom is 0.527 e. The number of hydrogen-bond acceptors (Lipinski definition) is 2. The molecular weight excluding hydrogens is 186 g/mol. The second kappa shape index (κ2) is 4.62. The van der Waals surface area contributed by atoms with Gasteiger partial charge < -0.3 is 8.41 Å². The molecular formula is C6H5BCl2O2. The third-order valence-corrected chi connectivity index (χ3v) is 1.56. The van der Waals surface area contributed by atoms with Crippen LogP contribution in [-0.2, 0) is 8.41 Å². The van der Waals surface area contributed by atoms with Gasteiger partial charge in [-0.15, -0.1) is 0 Å². The molecule has 11 heavy (non-hydrogen) atoms. The maximum absolute atomic E-state index is 5.09. The fourth-order valence-electron chi connectivity index (χ4n) is 0.727. The molecule has 0 atom stereocenters. The highest BCUT2D eigenvalue weighted by molar-refractivity contribution is 6.67. The van der Waals surface area contributed by atoms with Crippen LogP contribution >= 0.6 is 23.7 Å². The van der Waals surface area contributed by atoms with Gasteiger partial charge in [-0.2, -0.15) is 0 Å². The first-order chi connectivity index (χ1) is 5.38. The van der Waals surface area contributed by atoms with Crippen molar-refractivity contribution in [2.24, 2.45) is 0 Å². The van der Waals surface area contributed by atoms with Crippen LogP contribution in [0.1, 0.15) is 0 Å². The van der Waals surface area contributed by atoms with Crippen LogP contribution in [0, 0.1) is 0 Å². The molecule has 0 bridgehead atoms. The van der Waals surface area contributed by atoms with Gasteiger partial charge in [0.2, 0.25) is 0 Å². The van der Waals surface area contributed by atoms with Crippen molar-refractivity contribution in [3.8, 4) is 0 Å². The van der Waals surface area contributed by atoms with E-state index >= 15 is 0 Å². The van der Waals surface area contributed by atoms with E-state index in [0.29, 0.717) is 0 Å². The molecule has 58 valence electrons. The van der Waals surface area contributed by atoms with Crippen LogP contribution in [-0.4, -0.2) is 7.12 Å². The van der Waals surface area contributed by atoms with Gasteiger partial charge in [0.1, 0.15) is 0 Å². The summed E-state index contributed by atoms with van der Waals surface area (Å²) in [7, 11) is -0.709. The first-order valence-electron chi connectivity index (χ1n) is 2.98. The molecule has 0 radical (unpaired) electrons. The zero-order chi connectivity index (χ0) is 8.10. The van der Waals surface area contributed by atoms with Crippen LogP contribution in [0.5, 0.6) is 0 Å². The van der Waals surface area contributed by atoms with Gasteiger partial charge in [-0.3, -0.25) is 0 Å². The highest BCUT2D eigenvalue weighted by atomic mass is 35.5. The highest BCUT2D eigenvalue weighted by Gasteiger charge is 2.19. The van der Waals surface area contributed by atoms with Crippen molar-refractivity contribution in [2.75, 3.05) is 0 Å². The predicted octanol–water partition coefficient (Wildman–Crippen LogP) is 1.72. The van der Waals surface area contributed by atoms with E-state index in [4.69, 9.17) is 23.7 Å². The maximum atomic E-state index is 5.09. The van der Waals surface area contributed by atoms with Gasteiger partial charge >= 0.3 is 7.12 Å². The third kappa shape index (κ3) is 2.38. The Morgan fingerprint density at radius 1 is 1.00 bits per heavy atom. The van der Waals surface area contributed by atoms with Crippen LogP contribution in [0.4, 0.5) is 0 Å². The van der Waals surface area contributed by atoms with Gasteiger partial charge in [0.05, 0.1) is 0 Å². The lowest BCUT2D eigenvalue weighted by atomic mass is 9.80. The molecule has 1 aromatic carbocycles. The van der Waals surface area contributed by atoms with E-state index in [9.17, 15) is 0 Å². The van der Waals surface area contributed by atoms with Crippen molar-refractivity contribution in [2.45, 2.75) is 0 Å². The minimum atomic E-state index is -0.709. The van der Waals surface area contributed by atoms with E-state index in [0.717, 1.165) is 5.46 Å². The summed E-state index contributed by atoms with van der Waals surface area (Å²) in [5, 5.41) is 0. The average Bonchev–Trinajstić information content (AvgIpc) is 2.09. The second-order valence-corrected chi connectivity index (χ2v) is 2.28. The number of halogens is 2. The number of rotatable bonds is 3. The molecule has 1 aromatic rings. The van der Waals surface area contributed by atoms with Crippen molar-refractivity contribution in [3.05, 3.63) is 30.3 Å². The van der Waals surface area contributed by atoms with Crippen LogP contribution in [0.2, 0.25) is 0 Å². The summed E-state index contributed by atoms with van der Waals surface area (Å²) in [6.45, 7) is 0. The van der Waals surface area contributed by atoms with Crippen molar-refractivity contribution in [1.29, 1.82) is 0 Å². The molecule has 0 heterocycles. The molecule has 0 aliphatic carbocycles. The first kappa shape index (κ1) is 8.88. The molecule has 0 fully saturated rings. The average molecular weight is 191 g/mol. The quantitative estimate of drug-likeness (QED) is 0.677. The van der Waals surface area contributed by atoms with Gasteiger partial charge in [-0.25, -0.2) is 0 Å². The summed E-state index contributed by atoms with van der Waals surface area (Å²) in [4.78, 5) is 0. The topological polar surface area (TPSA) is 18.5 Å². The van der Waals surface area contributed by atoms with E-state index in [1.807, 2.05) is 18.2 Å². The van der Waals surface area contributed by atoms with Gasteiger partial charge in [-0.05, 0) is 5.46 Å². The van der Waals surface area contributed by atoms with E-state index in [1.54, 1.807) is 12.1 Å². The normalized spacial score (nSPS) is 9.64. The molecule has 1 rings (SSSR count). The van der Waals surface area contributed by atoms with Gasteiger partial charge in [0.25, 0.3) is 0 Å². The Balaban J connectivity index is 2.74. The van der Waals surface area contributed by atoms with Crippen molar-refractivity contribution in [3.63, 3.8) is 0 Å². The Morgan fingerprint density at radius 3 is 2.00 bits per heavy atom. The molecule has 0 aromatic heterocycles. The Kier molecular flexibility index (Phi) is 3.73. The van der Waals surface area contributed by atoms with Crippen molar-refractivity contribution >= 4 is 36.3 Å². The molecule has 5 heteroatoms. The fraction of sp³-hybridized carbons (Fsp3) is 0. The number of benzene rings is 1. The summed E-state index contributed by atoms with van der Waals surface area (Å²) in [5.41, 5.74) is 0.775. The van der Waals surface area contributed by atoms with Crippen molar-refractivity contribution in [1.82, 2.24) is 0 Å². The van der Waals surface area contributed by atoms with Crippen LogP contribution in [0.15, 0.2) is 30.3 Å². The Labute approximate surface area is 75.5 Å². The Hall–Kier alpha value is -0.215. The molecule has 2 nitrogen and oxygen atoms in total. The Bertz CT molecular complexity index is 203. The summed E-state index contributed by atoms with van der Waals surface area (Å²) in [5.74, 6) is 0. The smallest absolute Gasteiger partial charge is 0.301 e. The largest absolute Gasteiger partial charge is 0.527 e. The Morgan fingerprint density at radius 2 is 1.55 bits per heavy atom. The van der Waals surface area contributed by atoms with Crippen LogP contribution in [0.3, 0.4) is 0 Å². The molecule has 0 aliphatic rings. The van der Waals surface area contributed by atoms with Gasteiger partial charge in [0, 0.05) is 23.7 Å². The molecule has 0 amide bonds. The second-order valence-electron chi connectivity index (χ2n) is 1.92. The molecule has 0 unspecified atom stereocenters. The zero-order valence-corrected chi connectivity index (χ0v) is 7.05. The van der Waals surface area contributed by atoms with E-state index in [1.165, 1.54) is 0 Å². The fourth-order valence-corrected chi connectivity index (χ4v) is 1.04. The number of hydrogen-bond donors (Lipinski definition) is 0. The van der Waals surface area contributed by atoms with Gasteiger partial charge in [0.15, 0.2) is 0 Å².